The van der Waals surface area contributed by atoms with Crippen molar-refractivity contribution in [1.82, 2.24) is 10.2 Å². The van der Waals surface area contributed by atoms with Gasteiger partial charge in [-0.2, -0.15) is 0 Å². The molecule has 1 rings (SSSR count). The highest BCUT2D eigenvalue weighted by Crippen LogP contribution is 2.24. The predicted octanol–water partition coefficient (Wildman–Crippen LogP) is 3.33. The number of hydrogen-bond donors (Lipinski definition) is 1. The normalized spacial score (nSPS) is 12.2. The van der Waals surface area contributed by atoms with E-state index < -0.39 is 0 Å². The number of nitrogens with zero attached hydrogens (tertiary/aromatic N) is 1. The van der Waals surface area contributed by atoms with Gasteiger partial charge in [0.05, 0.1) is 0 Å². The van der Waals surface area contributed by atoms with Crippen molar-refractivity contribution in [2.24, 2.45) is 0 Å². The molecule has 2 heteroatoms. The van der Waals surface area contributed by atoms with Crippen LogP contribution in [0.2, 0.25) is 0 Å². The lowest BCUT2D eigenvalue weighted by atomic mass is 9.85. The van der Waals surface area contributed by atoms with Crippen LogP contribution in [0.4, 0.5) is 0 Å². The Morgan fingerprint density at radius 3 is 2.42 bits per heavy atom. The molecule has 0 saturated heterocycles. The van der Waals surface area contributed by atoms with Crippen LogP contribution in [0.5, 0.6) is 0 Å². The van der Waals surface area contributed by atoms with E-state index in [9.17, 15) is 0 Å². The van der Waals surface area contributed by atoms with Gasteiger partial charge in [-0.3, -0.25) is 0 Å². The minimum atomic E-state index is 0.238. The first-order valence-electron chi connectivity index (χ1n) is 7.27. The molecule has 0 atom stereocenters. The van der Waals surface area contributed by atoms with E-state index in [1.165, 1.54) is 23.1 Å². The molecule has 0 spiro atoms. The molecule has 0 saturated carbocycles. The zero-order valence-electron chi connectivity index (χ0n) is 13.5. The number of nitrogens with one attached hydrogen (secondary N) is 1. The van der Waals surface area contributed by atoms with E-state index in [0.29, 0.717) is 0 Å². The van der Waals surface area contributed by atoms with Gasteiger partial charge in [-0.15, -0.1) is 0 Å². The Balaban J connectivity index is 2.65. The van der Waals surface area contributed by atoms with Crippen molar-refractivity contribution in [3.8, 4) is 0 Å². The van der Waals surface area contributed by atoms with E-state index in [1.807, 2.05) is 7.05 Å². The Hall–Kier alpha value is -0.860. The molecule has 2 nitrogen and oxygen atoms in total. The third-order valence-electron chi connectivity index (χ3n) is 3.62. The van der Waals surface area contributed by atoms with Crippen LogP contribution in [0, 0.1) is 6.92 Å². The van der Waals surface area contributed by atoms with Crippen LogP contribution in [0.3, 0.4) is 0 Å². The second kappa shape index (κ2) is 7.06. The maximum atomic E-state index is 3.20. The number of hydrogen-bond acceptors (Lipinski definition) is 2. The summed E-state index contributed by atoms with van der Waals surface area (Å²) in [5.74, 6) is 0. The minimum absolute atomic E-state index is 0.238. The van der Waals surface area contributed by atoms with Crippen LogP contribution in [-0.2, 0) is 12.0 Å². The summed E-state index contributed by atoms with van der Waals surface area (Å²) in [6, 6.07) is 6.92. The molecule has 0 aliphatic heterocycles. The highest BCUT2D eigenvalue weighted by Gasteiger charge is 2.14. The standard InChI is InChI=1S/C17H30N2/c1-14-12-16(17(2,3)4)9-8-15(14)13-19(6)11-7-10-18-5/h8-9,12,18H,7,10-11,13H2,1-6H3. The van der Waals surface area contributed by atoms with Gasteiger partial charge in [-0.1, -0.05) is 39.0 Å². The fourth-order valence-electron chi connectivity index (χ4n) is 2.24. The molecule has 0 heterocycles. The van der Waals surface area contributed by atoms with E-state index >= 15 is 0 Å². The molecule has 0 aliphatic carbocycles. The summed E-state index contributed by atoms with van der Waals surface area (Å²) < 4.78 is 0. The minimum Gasteiger partial charge on any atom is -0.320 e. The monoisotopic (exact) mass is 262 g/mol. The highest BCUT2D eigenvalue weighted by molar-refractivity contribution is 5.34. The summed E-state index contributed by atoms with van der Waals surface area (Å²) in [6.45, 7) is 12.3. The largest absolute Gasteiger partial charge is 0.320 e. The van der Waals surface area contributed by atoms with Crippen molar-refractivity contribution in [2.45, 2.75) is 46.1 Å². The van der Waals surface area contributed by atoms with Gasteiger partial charge in [0.1, 0.15) is 0 Å². The van der Waals surface area contributed by atoms with Gasteiger partial charge >= 0.3 is 0 Å². The van der Waals surface area contributed by atoms with Crippen molar-refractivity contribution in [3.05, 3.63) is 34.9 Å². The lowest BCUT2D eigenvalue weighted by molar-refractivity contribution is 0.320. The van der Waals surface area contributed by atoms with Crippen LogP contribution in [0.25, 0.3) is 0 Å². The summed E-state index contributed by atoms with van der Waals surface area (Å²) in [4.78, 5) is 2.40. The predicted molar refractivity (Wildman–Crippen MR) is 84.8 cm³/mol. The van der Waals surface area contributed by atoms with Gasteiger partial charge in [0.25, 0.3) is 0 Å². The Labute approximate surface area is 119 Å². The van der Waals surface area contributed by atoms with Crippen molar-refractivity contribution < 1.29 is 0 Å². The second-order valence-electron chi connectivity index (χ2n) is 6.59. The number of aryl methyl sites for hydroxylation is 1. The Kier molecular flexibility index (Phi) is 6.02. The molecule has 1 aromatic carbocycles. The van der Waals surface area contributed by atoms with Crippen LogP contribution in [-0.4, -0.2) is 32.1 Å². The van der Waals surface area contributed by atoms with Crippen molar-refractivity contribution in [2.75, 3.05) is 27.2 Å². The molecule has 1 N–H and O–H groups in total. The first-order chi connectivity index (χ1) is 8.84. The van der Waals surface area contributed by atoms with Crippen molar-refractivity contribution in [1.29, 1.82) is 0 Å². The summed E-state index contributed by atoms with van der Waals surface area (Å²) >= 11 is 0. The van der Waals surface area contributed by atoms with Crippen LogP contribution in [0.15, 0.2) is 18.2 Å². The van der Waals surface area contributed by atoms with Gasteiger partial charge in [0, 0.05) is 6.54 Å². The Morgan fingerprint density at radius 1 is 1.21 bits per heavy atom. The fraction of sp³-hybridized carbons (Fsp3) is 0.647. The molecule has 0 amide bonds. The van der Waals surface area contributed by atoms with E-state index in [4.69, 9.17) is 0 Å². The molecular weight excluding hydrogens is 232 g/mol. The highest BCUT2D eigenvalue weighted by atomic mass is 15.1. The van der Waals surface area contributed by atoms with Crippen molar-refractivity contribution in [3.63, 3.8) is 0 Å². The molecule has 0 aliphatic rings. The van der Waals surface area contributed by atoms with Gasteiger partial charge in [0.15, 0.2) is 0 Å². The average Bonchev–Trinajstić information content (AvgIpc) is 2.31. The van der Waals surface area contributed by atoms with Crippen molar-refractivity contribution >= 4 is 0 Å². The topological polar surface area (TPSA) is 15.3 Å². The van der Waals surface area contributed by atoms with Crippen LogP contribution >= 0.6 is 0 Å². The van der Waals surface area contributed by atoms with E-state index in [2.05, 4.69) is 63.2 Å². The lowest BCUT2D eigenvalue weighted by Gasteiger charge is -2.22. The van der Waals surface area contributed by atoms with Gasteiger partial charge in [0.2, 0.25) is 0 Å². The van der Waals surface area contributed by atoms with E-state index in [0.717, 1.165) is 19.6 Å². The molecule has 1 aromatic rings. The summed E-state index contributed by atoms with van der Waals surface area (Å²) in [5.41, 5.74) is 4.52. The van der Waals surface area contributed by atoms with E-state index in [1.54, 1.807) is 0 Å². The molecule has 19 heavy (non-hydrogen) atoms. The maximum Gasteiger partial charge on any atom is 0.0233 e. The molecular formula is C17H30N2. The quantitative estimate of drug-likeness (QED) is 0.791. The summed E-state index contributed by atoms with van der Waals surface area (Å²) in [7, 11) is 4.21. The molecule has 0 aromatic heterocycles. The first-order valence-corrected chi connectivity index (χ1v) is 7.27. The zero-order chi connectivity index (χ0) is 14.5. The van der Waals surface area contributed by atoms with E-state index in [-0.39, 0.29) is 5.41 Å². The van der Waals surface area contributed by atoms with Crippen LogP contribution < -0.4 is 5.32 Å². The number of rotatable bonds is 6. The fourth-order valence-corrected chi connectivity index (χ4v) is 2.24. The molecule has 108 valence electrons. The average molecular weight is 262 g/mol. The van der Waals surface area contributed by atoms with Gasteiger partial charge < -0.3 is 10.2 Å². The number of benzene rings is 1. The third kappa shape index (κ3) is 5.33. The Bertz CT molecular complexity index is 391. The summed E-state index contributed by atoms with van der Waals surface area (Å²) in [5, 5.41) is 3.20. The zero-order valence-corrected chi connectivity index (χ0v) is 13.5. The summed E-state index contributed by atoms with van der Waals surface area (Å²) in [6.07, 6.45) is 1.20. The smallest absolute Gasteiger partial charge is 0.0233 e. The molecule has 0 fully saturated rings. The van der Waals surface area contributed by atoms with Crippen LogP contribution in [0.1, 0.15) is 43.9 Å². The molecule has 0 radical (unpaired) electrons. The maximum absolute atomic E-state index is 3.20. The Morgan fingerprint density at radius 2 is 1.89 bits per heavy atom. The SMILES string of the molecule is CNCCCN(C)Cc1ccc(C(C)(C)C)cc1C. The molecule has 0 unspecified atom stereocenters. The first kappa shape index (κ1) is 16.2. The second-order valence-corrected chi connectivity index (χ2v) is 6.59. The third-order valence-corrected chi connectivity index (χ3v) is 3.62. The van der Waals surface area contributed by atoms with Gasteiger partial charge in [-0.25, -0.2) is 0 Å². The molecule has 0 bridgehead atoms. The lowest BCUT2D eigenvalue weighted by Crippen LogP contribution is -2.23. The van der Waals surface area contributed by atoms with Gasteiger partial charge in [-0.05, 0) is 62.6 Å².